The summed E-state index contributed by atoms with van der Waals surface area (Å²) in [5, 5.41) is 22.9. The summed E-state index contributed by atoms with van der Waals surface area (Å²) in [5.74, 6) is -2.93. The molecule has 0 aliphatic heterocycles. The second-order valence-corrected chi connectivity index (χ2v) is 5.48. The molecule has 25 heavy (non-hydrogen) atoms. The van der Waals surface area contributed by atoms with Gasteiger partial charge in [-0.1, -0.05) is 0 Å². The number of carboxylic acid groups (broad SMARTS) is 1. The molecule has 3 amide bonds. The van der Waals surface area contributed by atoms with Crippen LogP contribution < -0.4 is 27.4 Å². The molecule has 0 aromatic rings. The number of nitrogens with two attached hydrogens (primary N) is 2. The molecule has 11 nitrogen and oxygen atoms in total. The fourth-order valence-corrected chi connectivity index (χ4v) is 1.89. The largest absolute Gasteiger partial charge is 0.481 e. The van der Waals surface area contributed by atoms with Crippen LogP contribution in [-0.2, 0) is 19.2 Å². The lowest BCUT2D eigenvalue weighted by atomic mass is 10.1. The van der Waals surface area contributed by atoms with Gasteiger partial charge in [0.2, 0.25) is 17.7 Å². The predicted molar refractivity (Wildman–Crippen MR) is 89.4 cm³/mol. The zero-order valence-electron chi connectivity index (χ0n) is 14.1. The second kappa shape index (κ2) is 11.6. The SMILES string of the molecule is C[C@H](NC(=O)CCCC(=O)O)C(=O)N[C@@H](CCCNC(=N)N)C(N)=O. The number of carboxylic acids is 1. The van der Waals surface area contributed by atoms with E-state index in [1.165, 1.54) is 6.92 Å². The first-order valence-electron chi connectivity index (χ1n) is 7.82. The van der Waals surface area contributed by atoms with Gasteiger partial charge in [0.25, 0.3) is 0 Å². The van der Waals surface area contributed by atoms with Crippen molar-refractivity contribution >= 4 is 29.7 Å². The van der Waals surface area contributed by atoms with E-state index in [2.05, 4.69) is 16.0 Å². The summed E-state index contributed by atoms with van der Waals surface area (Å²) in [7, 11) is 0. The first-order valence-corrected chi connectivity index (χ1v) is 7.82. The van der Waals surface area contributed by atoms with E-state index in [9.17, 15) is 19.2 Å². The van der Waals surface area contributed by atoms with Crippen molar-refractivity contribution in [3.8, 4) is 0 Å². The fourth-order valence-electron chi connectivity index (χ4n) is 1.89. The summed E-state index contributed by atoms with van der Waals surface area (Å²) < 4.78 is 0. The van der Waals surface area contributed by atoms with E-state index in [0.717, 1.165) is 0 Å². The number of hydrogen-bond acceptors (Lipinski definition) is 5. The molecule has 0 rings (SSSR count). The summed E-state index contributed by atoms with van der Waals surface area (Å²) in [6.07, 6.45) is 0.721. The lowest BCUT2D eigenvalue weighted by Gasteiger charge is -2.19. The van der Waals surface area contributed by atoms with Crippen molar-refractivity contribution in [2.24, 2.45) is 11.5 Å². The third kappa shape index (κ3) is 11.3. The maximum atomic E-state index is 12.0. The molecule has 0 radical (unpaired) electrons. The number of guanidine groups is 1. The molecule has 0 aromatic heterocycles. The number of rotatable bonds is 12. The van der Waals surface area contributed by atoms with Crippen molar-refractivity contribution in [3.05, 3.63) is 0 Å². The summed E-state index contributed by atoms with van der Waals surface area (Å²) in [4.78, 5) is 45.4. The highest BCUT2D eigenvalue weighted by atomic mass is 16.4. The highest BCUT2D eigenvalue weighted by Gasteiger charge is 2.22. The van der Waals surface area contributed by atoms with Gasteiger partial charge in [-0.2, -0.15) is 0 Å². The smallest absolute Gasteiger partial charge is 0.303 e. The highest BCUT2D eigenvalue weighted by Crippen LogP contribution is 1.99. The number of carbonyl (C=O) groups is 4. The van der Waals surface area contributed by atoms with Gasteiger partial charge in [0.15, 0.2) is 5.96 Å². The highest BCUT2D eigenvalue weighted by molar-refractivity contribution is 5.91. The van der Waals surface area contributed by atoms with Gasteiger partial charge in [-0.25, -0.2) is 0 Å². The van der Waals surface area contributed by atoms with E-state index in [-0.39, 0.29) is 31.6 Å². The third-order valence-corrected chi connectivity index (χ3v) is 3.21. The Bertz CT molecular complexity index is 510. The van der Waals surface area contributed by atoms with E-state index < -0.39 is 35.8 Å². The topological polar surface area (TPSA) is 200 Å². The Morgan fingerprint density at radius 2 is 1.72 bits per heavy atom. The molecular formula is C14H26N6O5. The first kappa shape index (κ1) is 22.1. The average Bonchev–Trinajstić information content (AvgIpc) is 2.48. The number of nitrogens with one attached hydrogen (secondary N) is 4. The Hall–Kier alpha value is -2.85. The third-order valence-electron chi connectivity index (χ3n) is 3.21. The Morgan fingerprint density at radius 1 is 1.08 bits per heavy atom. The van der Waals surface area contributed by atoms with Crippen molar-refractivity contribution in [1.29, 1.82) is 5.41 Å². The van der Waals surface area contributed by atoms with Crippen molar-refractivity contribution in [2.45, 2.75) is 51.1 Å². The van der Waals surface area contributed by atoms with Crippen LogP contribution in [0.5, 0.6) is 0 Å². The van der Waals surface area contributed by atoms with Crippen molar-refractivity contribution in [2.75, 3.05) is 6.54 Å². The van der Waals surface area contributed by atoms with Crippen molar-refractivity contribution < 1.29 is 24.3 Å². The van der Waals surface area contributed by atoms with Crippen LogP contribution in [0.25, 0.3) is 0 Å². The summed E-state index contributed by atoms with van der Waals surface area (Å²) in [6.45, 7) is 1.80. The zero-order valence-corrected chi connectivity index (χ0v) is 14.1. The molecular weight excluding hydrogens is 332 g/mol. The molecule has 9 N–H and O–H groups in total. The lowest BCUT2D eigenvalue weighted by molar-refractivity contribution is -0.137. The molecule has 0 bridgehead atoms. The number of aliphatic carboxylic acids is 1. The Labute approximate surface area is 145 Å². The molecule has 0 unspecified atom stereocenters. The fraction of sp³-hybridized carbons (Fsp3) is 0.643. The van der Waals surface area contributed by atoms with Crippen molar-refractivity contribution in [3.63, 3.8) is 0 Å². The molecule has 142 valence electrons. The van der Waals surface area contributed by atoms with Crippen LogP contribution >= 0.6 is 0 Å². The summed E-state index contributed by atoms with van der Waals surface area (Å²) in [5.41, 5.74) is 10.4. The van der Waals surface area contributed by atoms with Crippen molar-refractivity contribution in [1.82, 2.24) is 16.0 Å². The van der Waals surface area contributed by atoms with Gasteiger partial charge in [0, 0.05) is 19.4 Å². The molecule has 0 fully saturated rings. The minimum atomic E-state index is -0.998. The van der Waals surface area contributed by atoms with E-state index in [1.54, 1.807) is 0 Å². The van der Waals surface area contributed by atoms with Crippen LogP contribution in [0, 0.1) is 5.41 Å². The number of amides is 3. The maximum Gasteiger partial charge on any atom is 0.303 e. The molecule has 11 heteroatoms. The molecule has 0 aliphatic rings. The van der Waals surface area contributed by atoms with Gasteiger partial charge in [-0.15, -0.1) is 0 Å². The normalized spacial score (nSPS) is 12.5. The number of hydrogen-bond donors (Lipinski definition) is 7. The van der Waals surface area contributed by atoms with E-state index in [0.29, 0.717) is 13.0 Å². The molecule has 0 saturated carbocycles. The standard InChI is InChI=1S/C14H26N6O5/c1-8(19-10(21)5-2-6-11(22)23)13(25)20-9(12(15)24)4-3-7-18-14(16)17/h8-9H,2-7H2,1H3,(H2,15,24)(H,19,21)(H,20,25)(H,22,23)(H4,16,17,18)/t8-,9-/m0/s1. The molecule has 2 atom stereocenters. The van der Waals surface area contributed by atoms with Crippen LogP contribution in [0.4, 0.5) is 0 Å². The van der Waals surface area contributed by atoms with Gasteiger partial charge in [0.1, 0.15) is 12.1 Å². The van der Waals surface area contributed by atoms with E-state index >= 15 is 0 Å². The average molecular weight is 358 g/mol. The number of primary amides is 1. The summed E-state index contributed by atoms with van der Waals surface area (Å²) in [6, 6.07) is -1.80. The monoisotopic (exact) mass is 358 g/mol. The molecule has 0 saturated heterocycles. The zero-order chi connectivity index (χ0) is 19.4. The molecule has 0 spiro atoms. The van der Waals surface area contributed by atoms with E-state index in [4.69, 9.17) is 22.0 Å². The molecule has 0 aliphatic carbocycles. The van der Waals surface area contributed by atoms with Gasteiger partial charge >= 0.3 is 5.97 Å². The molecule has 0 aromatic carbocycles. The Kier molecular flexibility index (Phi) is 10.3. The lowest BCUT2D eigenvalue weighted by Crippen LogP contribution is -2.52. The number of carbonyl (C=O) groups excluding carboxylic acids is 3. The van der Waals surface area contributed by atoms with Gasteiger partial charge in [-0.3, -0.25) is 24.6 Å². The predicted octanol–water partition coefficient (Wildman–Crippen LogP) is -2.02. The second-order valence-electron chi connectivity index (χ2n) is 5.48. The van der Waals surface area contributed by atoms with E-state index in [1.807, 2.05) is 0 Å². The molecule has 0 heterocycles. The van der Waals surface area contributed by atoms with Crippen LogP contribution in [0.2, 0.25) is 0 Å². The maximum absolute atomic E-state index is 12.0. The van der Waals surface area contributed by atoms with Gasteiger partial charge in [0.05, 0.1) is 0 Å². The quantitative estimate of drug-likeness (QED) is 0.118. The van der Waals surface area contributed by atoms with Gasteiger partial charge in [-0.05, 0) is 26.2 Å². The van der Waals surface area contributed by atoms with Crippen LogP contribution in [0.3, 0.4) is 0 Å². The van der Waals surface area contributed by atoms with Crippen LogP contribution in [-0.4, -0.2) is 53.4 Å². The Balaban J connectivity index is 4.29. The Morgan fingerprint density at radius 3 is 2.24 bits per heavy atom. The first-order chi connectivity index (χ1) is 11.6. The van der Waals surface area contributed by atoms with Crippen LogP contribution in [0.1, 0.15) is 39.0 Å². The van der Waals surface area contributed by atoms with Gasteiger partial charge < -0.3 is 32.5 Å². The van der Waals surface area contributed by atoms with Crippen LogP contribution in [0.15, 0.2) is 0 Å². The summed E-state index contributed by atoms with van der Waals surface area (Å²) >= 11 is 0. The minimum Gasteiger partial charge on any atom is -0.481 e. The minimum absolute atomic E-state index is 0.0140.